The topological polar surface area (TPSA) is 88.0 Å². The normalized spacial score (nSPS) is 14.9. The molecular formula is C11H22N2O4. The summed E-state index contributed by atoms with van der Waals surface area (Å²) in [6, 6.07) is -0.614. The number of nitrogens with one attached hydrogen (secondary N) is 1. The molecule has 0 heterocycles. The smallest absolute Gasteiger partial charge is 0.407 e. The van der Waals surface area contributed by atoms with Gasteiger partial charge in [0.2, 0.25) is 0 Å². The summed E-state index contributed by atoms with van der Waals surface area (Å²) in [7, 11) is 0. The zero-order valence-electron chi connectivity index (χ0n) is 10.9. The number of rotatable bonds is 6. The van der Waals surface area contributed by atoms with Crippen molar-refractivity contribution in [2.45, 2.75) is 58.3 Å². The van der Waals surface area contributed by atoms with Gasteiger partial charge >= 0.3 is 6.09 Å². The zero-order chi connectivity index (χ0) is 13.5. The first-order valence-corrected chi connectivity index (χ1v) is 5.73. The molecule has 6 nitrogen and oxygen atoms in total. The SMILES string of the molecule is CC(N=O)C(O)CCCNC(=O)OC(C)(C)C. The van der Waals surface area contributed by atoms with Crippen LogP contribution in [0.3, 0.4) is 0 Å². The van der Waals surface area contributed by atoms with Gasteiger partial charge in [0.15, 0.2) is 0 Å². The van der Waals surface area contributed by atoms with E-state index in [1.165, 1.54) is 0 Å². The van der Waals surface area contributed by atoms with E-state index in [0.29, 0.717) is 19.4 Å². The maximum absolute atomic E-state index is 11.2. The van der Waals surface area contributed by atoms with Gasteiger partial charge in [0.25, 0.3) is 0 Å². The number of ether oxygens (including phenoxy) is 1. The molecular weight excluding hydrogens is 224 g/mol. The van der Waals surface area contributed by atoms with E-state index in [1.54, 1.807) is 27.7 Å². The predicted octanol–water partition coefficient (Wildman–Crippen LogP) is 1.81. The van der Waals surface area contributed by atoms with Crippen molar-refractivity contribution in [1.82, 2.24) is 5.32 Å². The number of amides is 1. The van der Waals surface area contributed by atoms with E-state index in [2.05, 4.69) is 10.5 Å². The molecule has 0 radical (unpaired) electrons. The van der Waals surface area contributed by atoms with Crippen molar-refractivity contribution in [3.05, 3.63) is 4.91 Å². The lowest BCUT2D eigenvalue weighted by Crippen LogP contribution is -2.33. The monoisotopic (exact) mass is 246 g/mol. The second kappa shape index (κ2) is 7.21. The predicted molar refractivity (Wildman–Crippen MR) is 64.7 cm³/mol. The molecule has 0 aliphatic heterocycles. The van der Waals surface area contributed by atoms with Crippen LogP contribution in [0, 0.1) is 4.91 Å². The Kier molecular flexibility index (Phi) is 6.72. The second-order valence-electron chi connectivity index (χ2n) is 4.98. The van der Waals surface area contributed by atoms with Crippen LogP contribution in [-0.4, -0.2) is 35.5 Å². The van der Waals surface area contributed by atoms with Crippen LogP contribution in [0.5, 0.6) is 0 Å². The molecule has 0 aromatic rings. The third-order valence-corrected chi connectivity index (χ3v) is 2.07. The minimum Gasteiger partial charge on any atom is -0.444 e. The van der Waals surface area contributed by atoms with Gasteiger partial charge in [-0.05, 0) is 40.5 Å². The Morgan fingerprint density at radius 2 is 2.06 bits per heavy atom. The molecule has 0 rings (SSSR count). The molecule has 0 spiro atoms. The molecule has 100 valence electrons. The molecule has 2 N–H and O–H groups in total. The van der Waals surface area contributed by atoms with Crippen molar-refractivity contribution in [3.8, 4) is 0 Å². The molecule has 0 fully saturated rings. The van der Waals surface area contributed by atoms with Gasteiger partial charge in [-0.3, -0.25) is 0 Å². The van der Waals surface area contributed by atoms with Crippen LogP contribution in [0.4, 0.5) is 4.79 Å². The second-order valence-corrected chi connectivity index (χ2v) is 4.98. The number of carbonyl (C=O) groups is 1. The molecule has 2 atom stereocenters. The number of hydrogen-bond donors (Lipinski definition) is 2. The molecule has 2 unspecified atom stereocenters. The van der Waals surface area contributed by atoms with E-state index in [0.717, 1.165) is 0 Å². The highest BCUT2D eigenvalue weighted by Crippen LogP contribution is 2.07. The molecule has 0 aromatic heterocycles. The molecule has 0 saturated heterocycles. The first-order valence-electron chi connectivity index (χ1n) is 5.73. The van der Waals surface area contributed by atoms with Crippen molar-refractivity contribution in [3.63, 3.8) is 0 Å². The first kappa shape index (κ1) is 15.8. The van der Waals surface area contributed by atoms with E-state index < -0.39 is 23.8 Å². The molecule has 17 heavy (non-hydrogen) atoms. The summed E-state index contributed by atoms with van der Waals surface area (Å²) < 4.78 is 5.03. The Bertz CT molecular complexity index is 250. The fourth-order valence-corrected chi connectivity index (χ4v) is 1.13. The molecule has 0 aromatic carbocycles. The molecule has 0 aliphatic carbocycles. The maximum Gasteiger partial charge on any atom is 0.407 e. The van der Waals surface area contributed by atoms with E-state index >= 15 is 0 Å². The summed E-state index contributed by atoms with van der Waals surface area (Å²) >= 11 is 0. The Balaban J connectivity index is 3.65. The minimum absolute atomic E-state index is 0.400. The van der Waals surface area contributed by atoms with Gasteiger partial charge in [0, 0.05) is 6.54 Å². The Hall–Kier alpha value is -1.17. The fourth-order valence-electron chi connectivity index (χ4n) is 1.13. The number of alkyl carbamates (subject to hydrolysis) is 1. The van der Waals surface area contributed by atoms with E-state index in [-0.39, 0.29) is 0 Å². The summed E-state index contributed by atoms with van der Waals surface area (Å²) in [4.78, 5) is 21.4. The highest BCUT2D eigenvalue weighted by molar-refractivity contribution is 5.67. The number of aliphatic hydroxyl groups excluding tert-OH is 1. The Morgan fingerprint density at radius 3 is 2.53 bits per heavy atom. The maximum atomic E-state index is 11.2. The summed E-state index contributed by atoms with van der Waals surface area (Å²) in [5, 5.41) is 14.7. The van der Waals surface area contributed by atoms with Crippen molar-refractivity contribution in [2.24, 2.45) is 5.18 Å². The fraction of sp³-hybridized carbons (Fsp3) is 0.909. The van der Waals surface area contributed by atoms with Gasteiger partial charge in [0.05, 0.1) is 6.10 Å². The van der Waals surface area contributed by atoms with Gasteiger partial charge in [-0.25, -0.2) is 4.79 Å². The minimum atomic E-state index is -0.757. The number of carbonyl (C=O) groups excluding carboxylic acids is 1. The van der Waals surface area contributed by atoms with Gasteiger partial charge in [0.1, 0.15) is 11.6 Å². The molecule has 6 heteroatoms. The third-order valence-electron chi connectivity index (χ3n) is 2.07. The highest BCUT2D eigenvalue weighted by atomic mass is 16.6. The van der Waals surface area contributed by atoms with Crippen molar-refractivity contribution in [1.29, 1.82) is 0 Å². The zero-order valence-corrected chi connectivity index (χ0v) is 10.9. The van der Waals surface area contributed by atoms with E-state index in [9.17, 15) is 14.8 Å². The van der Waals surface area contributed by atoms with E-state index in [4.69, 9.17) is 4.74 Å². The Morgan fingerprint density at radius 1 is 1.47 bits per heavy atom. The summed E-state index contributed by atoms with van der Waals surface area (Å²) in [5.41, 5.74) is -0.514. The first-order chi connectivity index (χ1) is 7.76. The van der Waals surface area contributed by atoms with Crippen molar-refractivity contribution >= 4 is 6.09 Å². The largest absolute Gasteiger partial charge is 0.444 e. The lowest BCUT2D eigenvalue weighted by molar-refractivity contribution is 0.0523. The number of nitrogens with zero attached hydrogens (tertiary/aromatic N) is 1. The summed E-state index contributed by atoms with van der Waals surface area (Å²) in [6.45, 7) is 7.31. The number of nitroso groups, excluding NO2 is 1. The molecule has 1 amide bonds. The number of aliphatic hydroxyl groups is 1. The van der Waals surface area contributed by atoms with Gasteiger partial charge in [-0.2, -0.15) is 4.91 Å². The van der Waals surface area contributed by atoms with Crippen LogP contribution in [0.2, 0.25) is 0 Å². The lowest BCUT2D eigenvalue weighted by Gasteiger charge is -2.19. The van der Waals surface area contributed by atoms with Crippen molar-refractivity contribution < 1.29 is 14.6 Å². The third kappa shape index (κ3) is 8.62. The summed E-state index contributed by atoms with van der Waals surface area (Å²) in [5.74, 6) is 0. The highest BCUT2D eigenvalue weighted by Gasteiger charge is 2.16. The molecule has 0 bridgehead atoms. The van der Waals surface area contributed by atoms with Crippen molar-refractivity contribution in [2.75, 3.05) is 6.54 Å². The standard InChI is InChI=1S/C11H22N2O4/c1-8(13-16)9(14)6-5-7-12-10(15)17-11(2,3)4/h8-9,14H,5-7H2,1-4H3,(H,12,15). The van der Waals surface area contributed by atoms with Crippen LogP contribution in [-0.2, 0) is 4.74 Å². The summed E-state index contributed by atoms with van der Waals surface area (Å²) in [6.07, 6.45) is -0.246. The van der Waals surface area contributed by atoms with Crippen LogP contribution in [0.1, 0.15) is 40.5 Å². The van der Waals surface area contributed by atoms with Crippen LogP contribution < -0.4 is 5.32 Å². The number of hydrogen-bond acceptors (Lipinski definition) is 5. The van der Waals surface area contributed by atoms with Gasteiger partial charge in [-0.15, -0.1) is 0 Å². The van der Waals surface area contributed by atoms with Gasteiger partial charge < -0.3 is 15.2 Å². The van der Waals surface area contributed by atoms with Crippen LogP contribution in [0.25, 0.3) is 0 Å². The molecule has 0 aliphatic rings. The average molecular weight is 246 g/mol. The Labute approximate surface area is 102 Å². The van der Waals surface area contributed by atoms with Crippen LogP contribution in [0.15, 0.2) is 5.18 Å². The van der Waals surface area contributed by atoms with Crippen LogP contribution >= 0.6 is 0 Å². The average Bonchev–Trinajstić information content (AvgIpc) is 2.20. The molecule has 0 saturated carbocycles. The van der Waals surface area contributed by atoms with E-state index in [1.807, 2.05) is 0 Å². The lowest BCUT2D eigenvalue weighted by atomic mass is 10.1. The van der Waals surface area contributed by atoms with Gasteiger partial charge in [-0.1, -0.05) is 5.18 Å². The quantitative estimate of drug-likeness (QED) is 0.552.